The first-order valence-electron chi connectivity index (χ1n) is 5.07. The molecule has 0 aliphatic carbocycles. The van der Waals surface area contributed by atoms with Crippen LogP contribution in [-0.4, -0.2) is 4.98 Å². The Balaban J connectivity index is 2.47. The van der Waals surface area contributed by atoms with Crippen LogP contribution in [0.3, 0.4) is 0 Å². The second-order valence-corrected chi connectivity index (χ2v) is 3.93. The van der Waals surface area contributed by atoms with Gasteiger partial charge >= 0.3 is 0 Å². The number of nitrogens with zero attached hydrogens (tertiary/aromatic N) is 1. The highest BCUT2D eigenvalue weighted by atomic mass is 14.6. The molecule has 72 valence electrons. The predicted molar refractivity (Wildman–Crippen MR) is 64.0 cm³/mol. The highest BCUT2D eigenvalue weighted by Crippen LogP contribution is 2.22. The van der Waals surface area contributed by atoms with Gasteiger partial charge in [0.2, 0.25) is 0 Å². The zero-order valence-electron chi connectivity index (χ0n) is 8.57. The number of rotatable bonds is 0. The predicted octanol–water partition coefficient (Wildman–Crippen LogP) is 3.70. The van der Waals surface area contributed by atoms with Crippen LogP contribution in [0.4, 0.5) is 0 Å². The van der Waals surface area contributed by atoms with Crippen molar-refractivity contribution in [1.82, 2.24) is 4.98 Å². The molecule has 0 bridgehead atoms. The van der Waals surface area contributed by atoms with Gasteiger partial charge in [-0.25, -0.2) is 0 Å². The van der Waals surface area contributed by atoms with Crippen molar-refractivity contribution in [3.05, 3.63) is 54.4 Å². The maximum absolute atomic E-state index is 4.14. The van der Waals surface area contributed by atoms with Crippen molar-refractivity contribution in [3.63, 3.8) is 0 Å². The summed E-state index contributed by atoms with van der Waals surface area (Å²) in [6, 6.07) is 13.0. The molecule has 0 saturated carbocycles. The maximum Gasteiger partial charge on any atom is 0.0346 e. The summed E-state index contributed by atoms with van der Waals surface area (Å²) in [4.78, 5) is 4.14. The smallest absolute Gasteiger partial charge is 0.0346 e. The molecule has 1 nitrogen and oxygen atoms in total. The fourth-order valence-electron chi connectivity index (χ4n) is 1.96. The number of aryl methyl sites for hydroxylation is 1. The largest absolute Gasteiger partial charge is 0.264 e. The Labute approximate surface area is 88.4 Å². The van der Waals surface area contributed by atoms with E-state index < -0.39 is 0 Å². The van der Waals surface area contributed by atoms with Gasteiger partial charge in [0, 0.05) is 17.8 Å². The summed E-state index contributed by atoms with van der Waals surface area (Å²) in [5, 5.41) is 5.03. The van der Waals surface area contributed by atoms with Gasteiger partial charge in [0.25, 0.3) is 0 Å². The van der Waals surface area contributed by atoms with Gasteiger partial charge in [-0.2, -0.15) is 0 Å². The first-order chi connectivity index (χ1) is 7.33. The molecular weight excluding hydrogens is 182 g/mol. The number of pyridine rings is 1. The van der Waals surface area contributed by atoms with Gasteiger partial charge in [0.15, 0.2) is 0 Å². The third-order valence-corrected chi connectivity index (χ3v) is 2.75. The Bertz CT molecular complexity index is 641. The van der Waals surface area contributed by atoms with Crippen LogP contribution < -0.4 is 0 Å². The van der Waals surface area contributed by atoms with Crippen molar-refractivity contribution in [1.29, 1.82) is 0 Å². The van der Waals surface area contributed by atoms with Gasteiger partial charge in [-0.05, 0) is 41.3 Å². The van der Waals surface area contributed by atoms with E-state index in [9.17, 15) is 0 Å². The normalized spacial score (nSPS) is 11.0. The highest BCUT2D eigenvalue weighted by molar-refractivity contribution is 5.97. The molecule has 0 spiro atoms. The summed E-state index contributed by atoms with van der Waals surface area (Å²) >= 11 is 0. The van der Waals surface area contributed by atoms with Crippen LogP contribution in [0.1, 0.15) is 5.56 Å². The molecule has 3 aromatic rings. The van der Waals surface area contributed by atoms with E-state index in [2.05, 4.69) is 48.3 Å². The van der Waals surface area contributed by atoms with Crippen LogP contribution in [0, 0.1) is 6.92 Å². The average Bonchev–Trinajstić information content (AvgIpc) is 2.26. The summed E-state index contributed by atoms with van der Waals surface area (Å²) in [7, 11) is 0. The van der Waals surface area contributed by atoms with Crippen molar-refractivity contribution in [3.8, 4) is 0 Å². The fourth-order valence-corrected chi connectivity index (χ4v) is 1.96. The third kappa shape index (κ3) is 1.37. The molecule has 1 heterocycles. The van der Waals surface area contributed by atoms with Crippen molar-refractivity contribution in [2.45, 2.75) is 6.92 Å². The SMILES string of the molecule is Cc1ccc2cc3cnccc3cc2c1. The van der Waals surface area contributed by atoms with E-state index in [-0.39, 0.29) is 0 Å². The van der Waals surface area contributed by atoms with Crippen LogP contribution in [0.25, 0.3) is 21.5 Å². The highest BCUT2D eigenvalue weighted by Gasteiger charge is 1.97. The molecule has 0 unspecified atom stereocenters. The van der Waals surface area contributed by atoms with E-state index in [0.717, 1.165) is 0 Å². The zero-order valence-corrected chi connectivity index (χ0v) is 8.57. The summed E-state index contributed by atoms with van der Waals surface area (Å²) in [6.07, 6.45) is 3.75. The standard InChI is InChI=1S/C14H11N/c1-10-2-3-11-8-14-9-15-5-4-12(14)7-13(11)6-10/h2-9H,1H3. The van der Waals surface area contributed by atoms with E-state index in [1.54, 1.807) is 0 Å². The molecule has 1 heteroatoms. The number of hydrogen-bond donors (Lipinski definition) is 0. The molecule has 0 amide bonds. The number of fused-ring (bicyclic) bond motifs is 2. The lowest BCUT2D eigenvalue weighted by molar-refractivity contribution is 1.37. The molecule has 1 aromatic heterocycles. The Morgan fingerprint density at radius 3 is 2.53 bits per heavy atom. The van der Waals surface area contributed by atoms with Crippen molar-refractivity contribution < 1.29 is 0 Å². The maximum atomic E-state index is 4.14. The van der Waals surface area contributed by atoms with E-state index in [1.807, 2.05) is 12.4 Å². The molecule has 0 radical (unpaired) electrons. The van der Waals surface area contributed by atoms with Crippen LogP contribution in [0.2, 0.25) is 0 Å². The van der Waals surface area contributed by atoms with Crippen LogP contribution in [0.5, 0.6) is 0 Å². The monoisotopic (exact) mass is 193 g/mol. The molecule has 0 atom stereocenters. The van der Waals surface area contributed by atoms with Gasteiger partial charge in [-0.1, -0.05) is 23.8 Å². The van der Waals surface area contributed by atoms with Gasteiger partial charge in [-0.15, -0.1) is 0 Å². The van der Waals surface area contributed by atoms with Crippen LogP contribution in [0.15, 0.2) is 48.8 Å². The first-order valence-corrected chi connectivity index (χ1v) is 5.07. The molecule has 0 aliphatic rings. The lowest BCUT2D eigenvalue weighted by Crippen LogP contribution is -1.79. The van der Waals surface area contributed by atoms with E-state index >= 15 is 0 Å². The topological polar surface area (TPSA) is 12.9 Å². The minimum Gasteiger partial charge on any atom is -0.264 e. The summed E-state index contributed by atoms with van der Waals surface area (Å²) < 4.78 is 0. The molecule has 15 heavy (non-hydrogen) atoms. The number of hydrogen-bond acceptors (Lipinski definition) is 1. The number of aromatic nitrogens is 1. The minimum atomic E-state index is 1.20. The molecule has 2 aromatic carbocycles. The molecule has 0 fully saturated rings. The van der Waals surface area contributed by atoms with E-state index in [0.29, 0.717) is 0 Å². The van der Waals surface area contributed by atoms with Gasteiger partial charge < -0.3 is 0 Å². The summed E-state index contributed by atoms with van der Waals surface area (Å²) in [5.41, 5.74) is 1.30. The number of benzene rings is 2. The Kier molecular flexibility index (Phi) is 1.72. The zero-order chi connectivity index (χ0) is 10.3. The Morgan fingerprint density at radius 1 is 0.800 bits per heavy atom. The summed E-state index contributed by atoms with van der Waals surface area (Å²) in [5.74, 6) is 0. The lowest BCUT2D eigenvalue weighted by Gasteiger charge is -2.02. The van der Waals surface area contributed by atoms with Gasteiger partial charge in [0.1, 0.15) is 0 Å². The second-order valence-electron chi connectivity index (χ2n) is 3.93. The van der Waals surface area contributed by atoms with Crippen molar-refractivity contribution >= 4 is 21.5 Å². The fraction of sp³-hybridized carbons (Fsp3) is 0.0714. The van der Waals surface area contributed by atoms with Crippen molar-refractivity contribution in [2.24, 2.45) is 0 Å². The molecule has 0 saturated heterocycles. The van der Waals surface area contributed by atoms with E-state index in [4.69, 9.17) is 0 Å². The summed E-state index contributed by atoms with van der Waals surface area (Å²) in [6.45, 7) is 2.12. The Hall–Kier alpha value is -1.89. The van der Waals surface area contributed by atoms with Crippen LogP contribution in [-0.2, 0) is 0 Å². The van der Waals surface area contributed by atoms with Gasteiger partial charge in [-0.3, -0.25) is 4.98 Å². The molecule has 0 aliphatic heterocycles. The average molecular weight is 193 g/mol. The molecule has 0 N–H and O–H groups in total. The molecular formula is C14H11N. The lowest BCUT2D eigenvalue weighted by atomic mass is 10.0. The first kappa shape index (κ1) is 8.42. The molecule has 3 rings (SSSR count). The third-order valence-electron chi connectivity index (χ3n) is 2.75. The van der Waals surface area contributed by atoms with Crippen LogP contribution >= 0.6 is 0 Å². The van der Waals surface area contributed by atoms with Crippen molar-refractivity contribution in [2.75, 3.05) is 0 Å². The van der Waals surface area contributed by atoms with Gasteiger partial charge in [0.05, 0.1) is 0 Å². The second kappa shape index (κ2) is 3.06. The quantitative estimate of drug-likeness (QED) is 0.496. The van der Waals surface area contributed by atoms with E-state index in [1.165, 1.54) is 27.1 Å². The minimum absolute atomic E-state index is 1.20. The Morgan fingerprint density at radius 2 is 1.60 bits per heavy atom.